The van der Waals surface area contributed by atoms with E-state index in [1.165, 1.54) is 0 Å². The fourth-order valence-electron chi connectivity index (χ4n) is 3.72. The van der Waals surface area contributed by atoms with Gasteiger partial charge in [0.15, 0.2) is 0 Å². The molecule has 0 aliphatic carbocycles. The summed E-state index contributed by atoms with van der Waals surface area (Å²) in [5, 5.41) is 0. The van der Waals surface area contributed by atoms with Crippen LogP contribution in [0.15, 0.2) is 4.60 Å². The quantitative estimate of drug-likeness (QED) is 0.672. The average Bonchev–Trinajstić information content (AvgIpc) is 3.16. The molecule has 0 N–H and O–H groups in total. The molecule has 1 aromatic rings. The Bertz CT molecular complexity index is 767. The van der Waals surface area contributed by atoms with E-state index in [1.54, 1.807) is 9.63 Å². The van der Waals surface area contributed by atoms with E-state index in [0.29, 0.717) is 24.4 Å². The molecule has 8 nitrogen and oxygen atoms in total. The van der Waals surface area contributed by atoms with Crippen molar-refractivity contribution in [2.24, 2.45) is 11.8 Å². The van der Waals surface area contributed by atoms with E-state index in [0.717, 1.165) is 24.4 Å². The molecule has 9 heteroatoms. The fourth-order valence-corrected chi connectivity index (χ4v) is 4.06. The summed E-state index contributed by atoms with van der Waals surface area (Å²) in [6, 6.07) is 0. The van der Waals surface area contributed by atoms with Crippen LogP contribution in [0.3, 0.4) is 0 Å². The summed E-state index contributed by atoms with van der Waals surface area (Å²) in [4.78, 5) is 37.3. The van der Waals surface area contributed by atoms with Crippen molar-refractivity contribution in [1.82, 2.24) is 14.6 Å². The maximum atomic E-state index is 13.0. The van der Waals surface area contributed by atoms with Gasteiger partial charge < -0.3 is 19.2 Å². The predicted octanol–water partition coefficient (Wildman–Crippen LogP) is 3.31. The second kappa shape index (κ2) is 8.63. The summed E-state index contributed by atoms with van der Waals surface area (Å²) < 4.78 is 13.1. The van der Waals surface area contributed by atoms with Crippen LogP contribution in [0.5, 0.6) is 0 Å². The van der Waals surface area contributed by atoms with Crippen LogP contribution in [0.2, 0.25) is 0 Å². The van der Waals surface area contributed by atoms with Gasteiger partial charge in [0.2, 0.25) is 0 Å². The number of halogens is 1. The number of amides is 1. The van der Waals surface area contributed by atoms with Gasteiger partial charge in [-0.25, -0.2) is 14.6 Å². The van der Waals surface area contributed by atoms with Crippen molar-refractivity contribution in [3.8, 4) is 0 Å². The molecule has 0 radical (unpaired) electrons. The molecule has 0 bridgehead atoms. The standard InChI is InChI=1S/C20H30BrN3O5/c1-12-10-23(19(26)28-20(3,4)5)11-15(12)18(25)29-24-13(2)16(21)22-17(24)14-6-8-27-9-7-14/h12,14-15H,6-11H2,1-5H3/t12-,15-/m1/s1. The van der Waals surface area contributed by atoms with Crippen molar-refractivity contribution < 1.29 is 23.9 Å². The van der Waals surface area contributed by atoms with Gasteiger partial charge in [-0.1, -0.05) is 6.92 Å². The summed E-state index contributed by atoms with van der Waals surface area (Å²) >= 11 is 3.45. The van der Waals surface area contributed by atoms with E-state index >= 15 is 0 Å². The number of aromatic nitrogens is 2. The lowest BCUT2D eigenvalue weighted by Crippen LogP contribution is -2.37. The minimum atomic E-state index is -0.572. The Kier molecular flexibility index (Phi) is 6.57. The van der Waals surface area contributed by atoms with E-state index in [-0.39, 0.29) is 24.3 Å². The molecular weight excluding hydrogens is 442 g/mol. The van der Waals surface area contributed by atoms with Gasteiger partial charge in [0, 0.05) is 32.2 Å². The average molecular weight is 472 g/mol. The first-order chi connectivity index (χ1) is 13.6. The Morgan fingerprint density at radius 2 is 1.86 bits per heavy atom. The Morgan fingerprint density at radius 1 is 1.21 bits per heavy atom. The van der Waals surface area contributed by atoms with Crippen LogP contribution >= 0.6 is 15.9 Å². The molecular formula is C20H30BrN3O5. The monoisotopic (exact) mass is 471 g/mol. The highest BCUT2D eigenvalue weighted by Crippen LogP contribution is 2.30. The lowest BCUT2D eigenvalue weighted by molar-refractivity contribution is -0.150. The van der Waals surface area contributed by atoms with Crippen LogP contribution in [0, 0.1) is 18.8 Å². The molecule has 162 valence electrons. The Balaban J connectivity index is 1.71. The summed E-state index contributed by atoms with van der Waals surface area (Å²) in [7, 11) is 0. The molecule has 0 saturated carbocycles. The largest absolute Gasteiger partial charge is 0.444 e. The van der Waals surface area contributed by atoms with Crippen molar-refractivity contribution in [1.29, 1.82) is 0 Å². The maximum absolute atomic E-state index is 13.0. The number of imidazole rings is 1. The Hall–Kier alpha value is -1.61. The number of rotatable bonds is 3. The van der Waals surface area contributed by atoms with Gasteiger partial charge in [0.1, 0.15) is 16.0 Å². The third kappa shape index (κ3) is 5.12. The molecule has 2 atom stereocenters. The van der Waals surface area contributed by atoms with Crippen LogP contribution in [-0.4, -0.2) is 58.6 Å². The van der Waals surface area contributed by atoms with Crippen molar-refractivity contribution in [2.75, 3.05) is 26.3 Å². The normalized spacial score (nSPS) is 23.3. The summed E-state index contributed by atoms with van der Waals surface area (Å²) in [5.41, 5.74) is 0.173. The Labute approximate surface area is 180 Å². The van der Waals surface area contributed by atoms with Crippen molar-refractivity contribution in [2.45, 2.75) is 59.0 Å². The second-order valence-corrected chi connectivity index (χ2v) is 9.66. The molecule has 1 amide bonds. The Morgan fingerprint density at radius 3 is 2.48 bits per heavy atom. The number of hydrogen-bond acceptors (Lipinski definition) is 6. The molecule has 29 heavy (non-hydrogen) atoms. The van der Waals surface area contributed by atoms with E-state index in [9.17, 15) is 9.59 Å². The maximum Gasteiger partial charge on any atom is 0.410 e. The number of nitrogens with zero attached hydrogens (tertiary/aromatic N) is 3. The molecule has 0 aromatic carbocycles. The van der Waals surface area contributed by atoms with Crippen LogP contribution in [0.1, 0.15) is 58.0 Å². The number of likely N-dealkylation sites (tertiary alicyclic amines) is 1. The van der Waals surface area contributed by atoms with Gasteiger partial charge >= 0.3 is 12.1 Å². The molecule has 2 aliphatic rings. The van der Waals surface area contributed by atoms with Gasteiger partial charge in [-0.3, -0.25) is 0 Å². The third-order valence-corrected chi connectivity index (χ3v) is 6.11. The van der Waals surface area contributed by atoms with E-state index in [2.05, 4.69) is 20.9 Å². The van der Waals surface area contributed by atoms with E-state index < -0.39 is 17.6 Å². The van der Waals surface area contributed by atoms with Crippen molar-refractivity contribution >= 4 is 28.0 Å². The molecule has 0 unspecified atom stereocenters. The molecule has 0 spiro atoms. The zero-order chi connectivity index (χ0) is 21.3. The van der Waals surface area contributed by atoms with Gasteiger partial charge in [0.25, 0.3) is 0 Å². The molecule has 1 aromatic heterocycles. The third-order valence-electron chi connectivity index (χ3n) is 5.36. The SMILES string of the molecule is Cc1c(Br)nc(C2CCOCC2)n1OC(=O)[C@@H]1CN(C(=O)OC(C)(C)C)C[C@H]1C. The fraction of sp³-hybridized carbons (Fsp3) is 0.750. The molecule has 2 aliphatic heterocycles. The van der Waals surface area contributed by atoms with Crippen LogP contribution in [-0.2, 0) is 14.3 Å². The molecule has 2 fully saturated rings. The van der Waals surface area contributed by atoms with Crippen molar-refractivity contribution in [3.63, 3.8) is 0 Å². The van der Waals surface area contributed by atoms with Gasteiger partial charge in [-0.2, -0.15) is 4.73 Å². The summed E-state index contributed by atoms with van der Waals surface area (Å²) in [5.74, 6) is 0.130. The molecule has 3 heterocycles. The smallest absolute Gasteiger partial charge is 0.410 e. The van der Waals surface area contributed by atoms with E-state index in [1.807, 2.05) is 34.6 Å². The van der Waals surface area contributed by atoms with Gasteiger partial charge in [-0.05, 0) is 62.4 Å². The van der Waals surface area contributed by atoms with Crippen molar-refractivity contribution in [3.05, 3.63) is 16.1 Å². The highest BCUT2D eigenvalue weighted by Gasteiger charge is 2.40. The van der Waals surface area contributed by atoms with Crippen LogP contribution < -0.4 is 4.84 Å². The summed E-state index contributed by atoms with van der Waals surface area (Å²) in [6.07, 6.45) is 1.28. The lowest BCUT2D eigenvalue weighted by atomic mass is 9.99. The van der Waals surface area contributed by atoms with Gasteiger partial charge in [0.05, 0.1) is 11.6 Å². The number of carbonyl (C=O) groups excluding carboxylic acids is 2. The lowest BCUT2D eigenvalue weighted by Gasteiger charge is -2.24. The number of ether oxygens (including phenoxy) is 2. The first-order valence-electron chi connectivity index (χ1n) is 10.1. The highest BCUT2D eigenvalue weighted by molar-refractivity contribution is 9.10. The van der Waals surface area contributed by atoms with E-state index in [4.69, 9.17) is 14.3 Å². The minimum Gasteiger partial charge on any atom is -0.444 e. The van der Waals surface area contributed by atoms with Crippen LogP contribution in [0.4, 0.5) is 4.79 Å². The highest BCUT2D eigenvalue weighted by atomic mass is 79.9. The number of hydrogen-bond donors (Lipinski definition) is 0. The first kappa shape index (κ1) is 22.1. The second-order valence-electron chi connectivity index (χ2n) is 8.91. The minimum absolute atomic E-state index is 0.0196. The number of carbonyl (C=O) groups is 2. The first-order valence-corrected chi connectivity index (χ1v) is 10.9. The van der Waals surface area contributed by atoms with Gasteiger partial charge in [-0.15, -0.1) is 0 Å². The molecule has 2 saturated heterocycles. The van der Waals surface area contributed by atoms with Crippen LogP contribution in [0.25, 0.3) is 0 Å². The zero-order valence-corrected chi connectivity index (χ0v) is 19.3. The predicted molar refractivity (Wildman–Crippen MR) is 110 cm³/mol. The molecule has 3 rings (SSSR count). The summed E-state index contributed by atoms with van der Waals surface area (Å²) in [6.45, 7) is 11.4. The zero-order valence-electron chi connectivity index (χ0n) is 17.7. The topological polar surface area (TPSA) is 82.9 Å².